The monoisotopic (exact) mass is 523 g/mol. The summed E-state index contributed by atoms with van der Waals surface area (Å²) in [6, 6.07) is 14.9. The van der Waals surface area contributed by atoms with E-state index in [1.807, 2.05) is 53.1 Å². The molecule has 0 radical (unpaired) electrons. The fourth-order valence-corrected chi connectivity index (χ4v) is 4.22. The highest BCUT2D eigenvalue weighted by Gasteiger charge is 2.23. The Morgan fingerprint density at radius 1 is 1.19 bits per heavy atom. The molecule has 194 valence electrons. The van der Waals surface area contributed by atoms with Crippen LogP contribution in [0.4, 0.5) is 0 Å². The Kier molecular flexibility index (Phi) is 8.65. The number of aromatic nitrogens is 6. The number of aliphatic hydroxyl groups excluding tert-OH is 1. The second-order valence-corrected chi connectivity index (χ2v) is 9.17. The third-order valence-electron chi connectivity index (χ3n) is 6.12. The second kappa shape index (κ2) is 12.1. The zero-order valence-electron chi connectivity index (χ0n) is 20.8. The van der Waals surface area contributed by atoms with Crippen LogP contribution in [0.15, 0.2) is 48.5 Å². The molecule has 2 heterocycles. The zero-order chi connectivity index (χ0) is 26.4. The normalized spacial score (nSPS) is 12.9. The number of hydrogen-bond donors (Lipinski definition) is 3. The summed E-state index contributed by atoms with van der Waals surface area (Å²) >= 11 is 6.47. The number of rotatable bonds is 11. The molecule has 11 heteroatoms. The van der Waals surface area contributed by atoms with E-state index in [2.05, 4.69) is 32.5 Å². The van der Waals surface area contributed by atoms with E-state index >= 15 is 0 Å². The van der Waals surface area contributed by atoms with Crippen molar-refractivity contribution >= 4 is 17.6 Å². The molecule has 0 fully saturated rings. The molecule has 2 aromatic heterocycles. The van der Waals surface area contributed by atoms with Crippen LogP contribution in [0, 0.1) is 0 Å². The van der Waals surface area contributed by atoms with E-state index in [1.165, 1.54) is 6.92 Å². The SMILES string of the molecule is CCCCc1nc(Cl)c(COC(=O)[C@H](N)[C@H](C)O)n1Cc1ccc(-c2ccccc2-c2nn[nH]n2)cc1. The predicted molar refractivity (Wildman–Crippen MR) is 139 cm³/mol. The van der Waals surface area contributed by atoms with Crippen molar-refractivity contribution in [1.29, 1.82) is 0 Å². The number of nitrogens with zero attached hydrogens (tertiary/aromatic N) is 5. The lowest BCUT2D eigenvalue weighted by atomic mass is 9.98. The Morgan fingerprint density at radius 2 is 1.92 bits per heavy atom. The van der Waals surface area contributed by atoms with E-state index < -0.39 is 18.1 Å². The summed E-state index contributed by atoms with van der Waals surface area (Å²) in [5.41, 5.74) is 10.2. The maximum atomic E-state index is 12.2. The number of benzene rings is 2. The minimum Gasteiger partial charge on any atom is -0.458 e. The van der Waals surface area contributed by atoms with Crippen molar-refractivity contribution in [3.8, 4) is 22.5 Å². The maximum Gasteiger partial charge on any atom is 0.325 e. The van der Waals surface area contributed by atoms with Gasteiger partial charge in [0.05, 0.1) is 11.8 Å². The Balaban J connectivity index is 1.58. The largest absolute Gasteiger partial charge is 0.458 e. The van der Waals surface area contributed by atoms with Crippen LogP contribution in [0.3, 0.4) is 0 Å². The molecule has 4 rings (SSSR count). The van der Waals surface area contributed by atoms with Gasteiger partial charge in [-0.2, -0.15) is 5.21 Å². The van der Waals surface area contributed by atoms with Gasteiger partial charge in [-0.25, -0.2) is 4.98 Å². The topological polar surface area (TPSA) is 145 Å². The van der Waals surface area contributed by atoms with Crippen LogP contribution in [-0.2, 0) is 29.1 Å². The molecule has 2 aromatic carbocycles. The van der Waals surface area contributed by atoms with Gasteiger partial charge in [-0.3, -0.25) is 4.79 Å². The third-order valence-corrected chi connectivity index (χ3v) is 6.42. The number of unbranched alkanes of at least 4 members (excludes halogenated alkanes) is 1. The number of halogens is 1. The number of esters is 1. The number of H-pyrrole nitrogens is 1. The number of tetrazole rings is 1. The second-order valence-electron chi connectivity index (χ2n) is 8.81. The van der Waals surface area contributed by atoms with Gasteiger partial charge in [0.2, 0.25) is 5.82 Å². The third kappa shape index (κ3) is 6.22. The van der Waals surface area contributed by atoms with Crippen molar-refractivity contribution in [2.45, 2.75) is 58.4 Å². The number of aryl methyl sites for hydroxylation is 1. The average Bonchev–Trinajstić information content (AvgIpc) is 3.54. The first kappa shape index (κ1) is 26.5. The van der Waals surface area contributed by atoms with Crippen LogP contribution in [-0.4, -0.2) is 53.4 Å². The Labute approximate surface area is 219 Å². The van der Waals surface area contributed by atoms with E-state index in [4.69, 9.17) is 22.1 Å². The summed E-state index contributed by atoms with van der Waals surface area (Å²) in [5, 5.41) is 24.3. The van der Waals surface area contributed by atoms with Gasteiger partial charge in [0.15, 0.2) is 5.15 Å². The van der Waals surface area contributed by atoms with Crippen LogP contribution in [0.5, 0.6) is 0 Å². The number of carbonyl (C=O) groups excluding carboxylic acids is 1. The molecule has 0 aliphatic carbocycles. The number of imidazole rings is 1. The van der Waals surface area contributed by atoms with Crippen molar-refractivity contribution in [2.24, 2.45) is 5.73 Å². The molecular weight excluding hydrogens is 494 g/mol. The summed E-state index contributed by atoms with van der Waals surface area (Å²) < 4.78 is 7.35. The summed E-state index contributed by atoms with van der Waals surface area (Å²) in [6.45, 7) is 3.96. The summed E-state index contributed by atoms with van der Waals surface area (Å²) in [4.78, 5) is 16.7. The van der Waals surface area contributed by atoms with Crippen molar-refractivity contribution in [2.75, 3.05) is 0 Å². The first-order chi connectivity index (χ1) is 17.9. The van der Waals surface area contributed by atoms with E-state index in [0.29, 0.717) is 18.1 Å². The first-order valence-electron chi connectivity index (χ1n) is 12.1. The molecule has 0 aliphatic heterocycles. The molecular formula is C26H30ClN7O3. The number of ether oxygens (including phenoxy) is 1. The average molecular weight is 524 g/mol. The summed E-state index contributed by atoms with van der Waals surface area (Å²) in [5.74, 6) is 0.658. The van der Waals surface area contributed by atoms with E-state index in [-0.39, 0.29) is 11.8 Å². The van der Waals surface area contributed by atoms with Crippen LogP contribution >= 0.6 is 11.6 Å². The minimum atomic E-state index is -1.13. The smallest absolute Gasteiger partial charge is 0.325 e. The van der Waals surface area contributed by atoms with E-state index in [0.717, 1.165) is 47.3 Å². The lowest BCUT2D eigenvalue weighted by Crippen LogP contribution is -2.41. The van der Waals surface area contributed by atoms with Gasteiger partial charge in [0.25, 0.3) is 0 Å². The van der Waals surface area contributed by atoms with Gasteiger partial charge in [0, 0.05) is 18.5 Å². The molecule has 2 atom stereocenters. The zero-order valence-corrected chi connectivity index (χ0v) is 21.5. The number of aromatic amines is 1. The van der Waals surface area contributed by atoms with Crippen molar-refractivity contribution in [3.05, 3.63) is 70.8 Å². The number of nitrogens with two attached hydrogens (primary N) is 1. The molecule has 4 aromatic rings. The molecule has 0 bridgehead atoms. The molecule has 0 amide bonds. The maximum absolute atomic E-state index is 12.2. The fourth-order valence-electron chi connectivity index (χ4n) is 3.97. The molecule has 4 N–H and O–H groups in total. The summed E-state index contributed by atoms with van der Waals surface area (Å²) in [6.07, 6.45) is 1.68. The van der Waals surface area contributed by atoms with Crippen LogP contribution in [0.2, 0.25) is 5.15 Å². The quantitative estimate of drug-likeness (QED) is 0.253. The van der Waals surface area contributed by atoms with E-state index in [9.17, 15) is 9.90 Å². The van der Waals surface area contributed by atoms with Gasteiger partial charge in [-0.15, -0.1) is 10.2 Å². The van der Waals surface area contributed by atoms with Gasteiger partial charge in [-0.05, 0) is 35.2 Å². The molecule has 0 spiro atoms. The Hall–Kier alpha value is -3.60. The van der Waals surface area contributed by atoms with Crippen LogP contribution in [0.1, 0.15) is 43.8 Å². The van der Waals surface area contributed by atoms with E-state index in [1.54, 1.807) is 0 Å². The fraction of sp³-hybridized carbons (Fsp3) is 0.346. The molecule has 37 heavy (non-hydrogen) atoms. The lowest BCUT2D eigenvalue weighted by Gasteiger charge is -2.16. The van der Waals surface area contributed by atoms with Crippen molar-refractivity contribution < 1.29 is 14.6 Å². The Morgan fingerprint density at radius 3 is 2.57 bits per heavy atom. The molecule has 0 saturated carbocycles. The summed E-state index contributed by atoms with van der Waals surface area (Å²) in [7, 11) is 0. The van der Waals surface area contributed by atoms with Gasteiger partial charge in [0.1, 0.15) is 18.5 Å². The highest BCUT2D eigenvalue weighted by Crippen LogP contribution is 2.30. The molecule has 0 saturated heterocycles. The van der Waals surface area contributed by atoms with Crippen molar-refractivity contribution in [3.63, 3.8) is 0 Å². The number of hydrogen-bond acceptors (Lipinski definition) is 8. The number of aliphatic hydroxyl groups is 1. The highest BCUT2D eigenvalue weighted by atomic mass is 35.5. The molecule has 10 nitrogen and oxygen atoms in total. The lowest BCUT2D eigenvalue weighted by molar-refractivity contribution is -0.149. The molecule has 0 aliphatic rings. The van der Waals surface area contributed by atoms with Crippen molar-refractivity contribution in [1.82, 2.24) is 30.2 Å². The first-order valence-corrected chi connectivity index (χ1v) is 12.5. The predicted octanol–water partition coefficient (Wildman–Crippen LogP) is 3.53. The van der Waals surface area contributed by atoms with Crippen LogP contribution < -0.4 is 5.73 Å². The number of nitrogens with one attached hydrogen (secondary N) is 1. The van der Waals surface area contributed by atoms with Crippen LogP contribution in [0.25, 0.3) is 22.5 Å². The van der Waals surface area contributed by atoms with Gasteiger partial charge in [-0.1, -0.05) is 73.5 Å². The standard InChI is InChI=1S/C26H30ClN7O3/c1-3-4-9-22-29-24(27)21(15-37-26(36)23(28)16(2)35)34(22)14-17-10-12-18(13-11-17)19-7-5-6-8-20(19)25-30-32-33-31-25/h5-8,10-13,16,23,35H,3-4,9,14-15,28H2,1-2H3,(H,30,31,32,33)/t16-,23+/m0/s1. The number of carbonyl (C=O) groups is 1. The molecule has 0 unspecified atom stereocenters. The minimum absolute atomic E-state index is 0.0899. The van der Waals surface area contributed by atoms with Gasteiger partial charge >= 0.3 is 5.97 Å². The Bertz CT molecular complexity index is 1320. The highest BCUT2D eigenvalue weighted by molar-refractivity contribution is 6.30. The van der Waals surface area contributed by atoms with Gasteiger partial charge < -0.3 is 20.1 Å².